The Morgan fingerprint density at radius 1 is 1.25 bits per heavy atom. The van der Waals surface area contributed by atoms with Gasteiger partial charge >= 0.3 is 0 Å². The zero-order valence-corrected chi connectivity index (χ0v) is 13.7. The van der Waals surface area contributed by atoms with E-state index in [1.54, 1.807) is 9.80 Å². The second-order valence-corrected chi connectivity index (χ2v) is 6.38. The number of piperazine rings is 1. The molecule has 3 amide bonds. The lowest BCUT2D eigenvalue weighted by Crippen LogP contribution is -2.50. The number of hydrogen-bond acceptors (Lipinski definition) is 3. The third-order valence-electron chi connectivity index (χ3n) is 4.46. The van der Waals surface area contributed by atoms with E-state index in [1.165, 1.54) is 23.1 Å². The van der Waals surface area contributed by atoms with Crippen LogP contribution < -0.4 is 4.90 Å². The van der Waals surface area contributed by atoms with Crippen molar-refractivity contribution < 1.29 is 18.8 Å². The van der Waals surface area contributed by atoms with E-state index in [0.717, 1.165) is 6.41 Å². The molecule has 0 spiro atoms. The number of rotatable bonds is 3. The van der Waals surface area contributed by atoms with Gasteiger partial charge in [-0.05, 0) is 18.2 Å². The van der Waals surface area contributed by atoms with Crippen molar-refractivity contribution in [1.82, 2.24) is 9.80 Å². The lowest BCUT2D eigenvalue weighted by Gasteiger charge is -2.33. The fraction of sp³-hybridized carbons (Fsp3) is 0.438. The maximum atomic E-state index is 13.3. The lowest BCUT2D eigenvalue weighted by molar-refractivity contribution is -0.139. The van der Waals surface area contributed by atoms with Gasteiger partial charge in [-0.3, -0.25) is 14.4 Å². The molecule has 1 aromatic rings. The molecule has 0 aliphatic carbocycles. The molecule has 0 bridgehead atoms. The standard InChI is InChI=1S/C16H17ClFN3O3/c17-13-8-12(1-2-14(13)18)21-9-11(7-15(21)23)16(24)20-5-3-19(10-22)4-6-20/h1-2,8,10-11H,3-7,9H2. The molecule has 1 aromatic carbocycles. The van der Waals surface area contributed by atoms with Gasteiger partial charge in [0, 0.05) is 44.8 Å². The van der Waals surface area contributed by atoms with E-state index in [4.69, 9.17) is 11.6 Å². The molecule has 0 saturated carbocycles. The molecule has 8 heteroatoms. The third-order valence-corrected chi connectivity index (χ3v) is 4.75. The number of amides is 3. The highest BCUT2D eigenvalue weighted by atomic mass is 35.5. The van der Waals surface area contributed by atoms with Gasteiger partial charge in [-0.2, -0.15) is 0 Å². The molecule has 0 aromatic heterocycles. The van der Waals surface area contributed by atoms with Crippen molar-refractivity contribution in [2.45, 2.75) is 6.42 Å². The van der Waals surface area contributed by atoms with Gasteiger partial charge in [0.1, 0.15) is 5.82 Å². The number of halogens is 2. The Morgan fingerprint density at radius 2 is 1.96 bits per heavy atom. The molecule has 3 rings (SSSR count). The summed E-state index contributed by atoms with van der Waals surface area (Å²) in [6, 6.07) is 4.08. The summed E-state index contributed by atoms with van der Waals surface area (Å²) in [5.41, 5.74) is 0.493. The summed E-state index contributed by atoms with van der Waals surface area (Å²) in [5.74, 6) is -1.23. The summed E-state index contributed by atoms with van der Waals surface area (Å²) in [7, 11) is 0. The number of hydrogen-bond donors (Lipinski definition) is 0. The molecule has 2 heterocycles. The monoisotopic (exact) mass is 353 g/mol. The molecule has 1 atom stereocenters. The predicted molar refractivity (Wildman–Crippen MR) is 86.1 cm³/mol. The van der Waals surface area contributed by atoms with Crippen LogP contribution >= 0.6 is 11.6 Å². The molecule has 1 unspecified atom stereocenters. The Labute approximate surface area is 143 Å². The van der Waals surface area contributed by atoms with Crippen molar-refractivity contribution in [2.24, 2.45) is 5.92 Å². The van der Waals surface area contributed by atoms with Crippen LogP contribution in [-0.4, -0.2) is 60.7 Å². The Balaban J connectivity index is 1.67. The molecule has 2 aliphatic heterocycles. The number of anilines is 1. The summed E-state index contributed by atoms with van der Waals surface area (Å²) in [4.78, 5) is 40.3. The smallest absolute Gasteiger partial charge is 0.228 e. The van der Waals surface area contributed by atoms with E-state index in [2.05, 4.69) is 0 Å². The lowest BCUT2D eigenvalue weighted by atomic mass is 10.1. The first-order chi connectivity index (χ1) is 11.5. The van der Waals surface area contributed by atoms with Gasteiger partial charge < -0.3 is 14.7 Å². The number of carbonyl (C=O) groups is 3. The van der Waals surface area contributed by atoms with E-state index >= 15 is 0 Å². The number of carbonyl (C=O) groups excluding carboxylic acids is 3. The van der Waals surface area contributed by atoms with Crippen LogP contribution in [-0.2, 0) is 14.4 Å². The molecule has 2 fully saturated rings. The summed E-state index contributed by atoms with van der Waals surface area (Å²) >= 11 is 5.77. The van der Waals surface area contributed by atoms with Gasteiger partial charge in [-0.25, -0.2) is 4.39 Å². The van der Waals surface area contributed by atoms with Gasteiger partial charge in [0.25, 0.3) is 0 Å². The van der Waals surface area contributed by atoms with Gasteiger partial charge in [-0.1, -0.05) is 11.6 Å². The van der Waals surface area contributed by atoms with Crippen molar-refractivity contribution in [3.8, 4) is 0 Å². The first kappa shape index (κ1) is 16.7. The highest BCUT2D eigenvalue weighted by Gasteiger charge is 2.38. The summed E-state index contributed by atoms with van der Waals surface area (Å²) in [6.07, 6.45) is 0.905. The maximum absolute atomic E-state index is 13.3. The molecule has 6 nitrogen and oxygen atoms in total. The van der Waals surface area contributed by atoms with Gasteiger partial charge in [0.05, 0.1) is 10.9 Å². The zero-order chi connectivity index (χ0) is 17.3. The van der Waals surface area contributed by atoms with Crippen LogP contribution in [0.15, 0.2) is 18.2 Å². The van der Waals surface area contributed by atoms with E-state index in [9.17, 15) is 18.8 Å². The van der Waals surface area contributed by atoms with Crippen molar-refractivity contribution in [3.63, 3.8) is 0 Å². The maximum Gasteiger partial charge on any atom is 0.228 e. The first-order valence-corrected chi connectivity index (χ1v) is 8.11. The molecule has 0 N–H and O–H groups in total. The summed E-state index contributed by atoms with van der Waals surface area (Å²) in [5, 5.41) is -0.0555. The van der Waals surface area contributed by atoms with Crippen molar-refractivity contribution in [2.75, 3.05) is 37.6 Å². The highest BCUT2D eigenvalue weighted by Crippen LogP contribution is 2.29. The van der Waals surface area contributed by atoms with Gasteiger partial charge in [0.15, 0.2) is 0 Å². The van der Waals surface area contributed by atoms with Crippen molar-refractivity contribution in [3.05, 3.63) is 29.0 Å². The Morgan fingerprint density at radius 3 is 2.58 bits per heavy atom. The fourth-order valence-electron chi connectivity index (χ4n) is 3.08. The van der Waals surface area contributed by atoms with Crippen LogP contribution in [0.4, 0.5) is 10.1 Å². The second kappa shape index (κ2) is 6.76. The second-order valence-electron chi connectivity index (χ2n) is 5.97. The average Bonchev–Trinajstić information content (AvgIpc) is 2.98. The average molecular weight is 354 g/mol. The Kier molecular flexibility index (Phi) is 4.71. The SMILES string of the molecule is O=CN1CCN(C(=O)C2CC(=O)N(c3ccc(F)c(Cl)c3)C2)CC1. The molecular weight excluding hydrogens is 337 g/mol. The Hall–Kier alpha value is -2.15. The van der Waals surface area contributed by atoms with Crippen LogP contribution in [0.2, 0.25) is 5.02 Å². The van der Waals surface area contributed by atoms with Gasteiger partial charge in [0.2, 0.25) is 18.2 Å². The minimum Gasteiger partial charge on any atom is -0.342 e. The van der Waals surface area contributed by atoms with E-state index in [0.29, 0.717) is 31.9 Å². The highest BCUT2D eigenvalue weighted by molar-refractivity contribution is 6.31. The van der Waals surface area contributed by atoms with E-state index in [1.807, 2.05) is 0 Å². The van der Waals surface area contributed by atoms with Crippen LogP contribution in [0, 0.1) is 11.7 Å². The minimum absolute atomic E-state index is 0.0555. The van der Waals surface area contributed by atoms with Crippen LogP contribution in [0.3, 0.4) is 0 Å². The van der Waals surface area contributed by atoms with Crippen molar-refractivity contribution in [1.29, 1.82) is 0 Å². The van der Waals surface area contributed by atoms with Crippen LogP contribution in [0.25, 0.3) is 0 Å². The van der Waals surface area contributed by atoms with Crippen LogP contribution in [0.5, 0.6) is 0 Å². The number of nitrogens with zero attached hydrogens (tertiary/aromatic N) is 3. The molecule has 24 heavy (non-hydrogen) atoms. The topological polar surface area (TPSA) is 60.9 Å². The molecular formula is C16H17ClFN3O3. The molecule has 0 radical (unpaired) electrons. The van der Waals surface area contributed by atoms with E-state index in [-0.39, 0.29) is 29.8 Å². The molecule has 2 saturated heterocycles. The molecule has 2 aliphatic rings. The van der Waals surface area contributed by atoms with Gasteiger partial charge in [-0.15, -0.1) is 0 Å². The summed E-state index contributed by atoms with van der Waals surface area (Å²) in [6.45, 7) is 2.23. The predicted octanol–water partition coefficient (Wildman–Crippen LogP) is 1.13. The number of benzene rings is 1. The molecule has 128 valence electrons. The zero-order valence-electron chi connectivity index (χ0n) is 13.0. The Bertz CT molecular complexity index is 677. The summed E-state index contributed by atoms with van der Waals surface area (Å²) < 4.78 is 13.3. The third kappa shape index (κ3) is 3.21. The minimum atomic E-state index is -0.548. The normalized spacial score (nSPS) is 21.3. The van der Waals surface area contributed by atoms with Crippen LogP contribution in [0.1, 0.15) is 6.42 Å². The van der Waals surface area contributed by atoms with Crippen molar-refractivity contribution >= 4 is 35.5 Å². The van der Waals surface area contributed by atoms with E-state index < -0.39 is 11.7 Å². The quantitative estimate of drug-likeness (QED) is 0.765. The first-order valence-electron chi connectivity index (χ1n) is 7.73. The fourth-order valence-corrected chi connectivity index (χ4v) is 3.26. The largest absolute Gasteiger partial charge is 0.342 e.